The highest BCUT2D eigenvalue weighted by Gasteiger charge is 2.03. The molecule has 0 heterocycles. The van der Waals surface area contributed by atoms with E-state index in [1.165, 1.54) is 5.56 Å². The molecule has 5 heteroatoms. The Morgan fingerprint density at radius 3 is 2.56 bits per heavy atom. The first-order chi connectivity index (χ1) is 12.2. The van der Waals surface area contributed by atoms with E-state index in [1.807, 2.05) is 18.2 Å². The van der Waals surface area contributed by atoms with Gasteiger partial charge in [-0.05, 0) is 43.0 Å². The van der Waals surface area contributed by atoms with Crippen molar-refractivity contribution in [3.8, 4) is 11.5 Å². The highest BCUT2D eigenvalue weighted by Crippen LogP contribution is 2.26. The van der Waals surface area contributed by atoms with E-state index in [9.17, 15) is 5.11 Å². The minimum absolute atomic E-state index is 0.162. The minimum Gasteiger partial charge on any atom is -0.504 e. The smallest absolute Gasteiger partial charge is 0.191 e. The van der Waals surface area contributed by atoms with Crippen molar-refractivity contribution < 1.29 is 9.84 Å². The first-order valence-electron chi connectivity index (χ1n) is 8.65. The average molecular weight is 341 g/mol. The number of phenols is 1. The molecule has 0 bridgehead atoms. The fourth-order valence-corrected chi connectivity index (χ4v) is 2.49. The molecular formula is C20H27N3O2. The van der Waals surface area contributed by atoms with Gasteiger partial charge in [-0.15, -0.1) is 0 Å². The number of rotatable bonds is 8. The maximum Gasteiger partial charge on any atom is 0.191 e. The number of hydrogen-bond acceptors (Lipinski definition) is 3. The third kappa shape index (κ3) is 6.37. The molecule has 0 amide bonds. The molecule has 0 saturated heterocycles. The summed E-state index contributed by atoms with van der Waals surface area (Å²) in [5.74, 6) is 1.49. The van der Waals surface area contributed by atoms with Gasteiger partial charge in [-0.1, -0.05) is 36.4 Å². The molecule has 2 aromatic rings. The maximum absolute atomic E-state index is 9.64. The Labute approximate surface area is 149 Å². The maximum atomic E-state index is 9.64. The topological polar surface area (TPSA) is 65.9 Å². The lowest BCUT2D eigenvalue weighted by Crippen LogP contribution is -2.38. The standard InChI is InChI=1S/C20H27N3O2/c1-3-21-20(22-13-11-16-7-5-4-6-8-16)23-14-12-17-9-10-18(24)19(15-17)25-2/h4-10,15,24H,3,11-14H2,1-2H3,(H2,21,22,23). The number of phenolic OH excluding ortho intramolecular Hbond substituents is 1. The lowest BCUT2D eigenvalue weighted by molar-refractivity contribution is 0.373. The van der Waals surface area contributed by atoms with E-state index in [4.69, 9.17) is 4.74 Å². The molecule has 0 spiro atoms. The predicted octanol–water partition coefficient (Wildman–Crippen LogP) is 2.74. The number of benzene rings is 2. The predicted molar refractivity (Wildman–Crippen MR) is 102 cm³/mol. The van der Waals surface area contributed by atoms with Gasteiger partial charge in [0.1, 0.15) is 0 Å². The van der Waals surface area contributed by atoms with E-state index in [1.54, 1.807) is 13.2 Å². The number of methoxy groups -OCH3 is 1. The van der Waals surface area contributed by atoms with Crippen LogP contribution < -0.4 is 15.4 Å². The first kappa shape index (κ1) is 18.6. The zero-order valence-electron chi connectivity index (χ0n) is 15.0. The van der Waals surface area contributed by atoms with Crippen LogP contribution in [0.4, 0.5) is 0 Å². The number of ether oxygens (including phenoxy) is 1. The fraction of sp³-hybridized carbons (Fsp3) is 0.350. The zero-order valence-corrected chi connectivity index (χ0v) is 15.0. The molecule has 2 rings (SSSR count). The van der Waals surface area contributed by atoms with Crippen molar-refractivity contribution in [3.63, 3.8) is 0 Å². The van der Waals surface area contributed by atoms with Crippen LogP contribution in [0, 0.1) is 0 Å². The molecule has 0 aromatic heterocycles. The van der Waals surface area contributed by atoms with Crippen molar-refractivity contribution in [1.82, 2.24) is 10.6 Å². The van der Waals surface area contributed by atoms with Crippen LogP contribution in [0.5, 0.6) is 11.5 Å². The summed E-state index contributed by atoms with van der Waals surface area (Å²) in [6.45, 7) is 4.38. The minimum atomic E-state index is 0.162. The highest BCUT2D eigenvalue weighted by molar-refractivity contribution is 5.79. The van der Waals surface area contributed by atoms with E-state index < -0.39 is 0 Å². The van der Waals surface area contributed by atoms with Gasteiger partial charge in [-0.2, -0.15) is 0 Å². The Kier molecular flexibility index (Phi) is 7.63. The quantitative estimate of drug-likeness (QED) is 0.510. The fourth-order valence-electron chi connectivity index (χ4n) is 2.49. The second kappa shape index (κ2) is 10.2. The van der Waals surface area contributed by atoms with Crippen molar-refractivity contribution in [2.24, 2.45) is 4.99 Å². The summed E-state index contributed by atoms with van der Waals surface area (Å²) in [6.07, 6.45) is 1.74. The van der Waals surface area contributed by atoms with Crippen LogP contribution in [-0.2, 0) is 12.8 Å². The molecule has 3 N–H and O–H groups in total. The van der Waals surface area contributed by atoms with Gasteiger partial charge in [0.25, 0.3) is 0 Å². The van der Waals surface area contributed by atoms with Crippen LogP contribution in [0.1, 0.15) is 18.1 Å². The molecular weight excluding hydrogens is 314 g/mol. The Balaban J connectivity index is 1.83. The Hall–Kier alpha value is -2.69. The summed E-state index contributed by atoms with van der Waals surface area (Å²) in [7, 11) is 1.56. The van der Waals surface area contributed by atoms with Gasteiger partial charge in [0.15, 0.2) is 17.5 Å². The molecule has 0 aliphatic heterocycles. The van der Waals surface area contributed by atoms with Crippen molar-refractivity contribution in [3.05, 3.63) is 59.7 Å². The molecule has 134 valence electrons. The van der Waals surface area contributed by atoms with E-state index in [0.29, 0.717) is 5.75 Å². The Bertz CT molecular complexity index is 672. The lowest BCUT2D eigenvalue weighted by atomic mass is 10.1. The molecule has 25 heavy (non-hydrogen) atoms. The molecule has 0 aliphatic rings. The van der Waals surface area contributed by atoms with Gasteiger partial charge in [0.05, 0.1) is 7.11 Å². The number of nitrogens with one attached hydrogen (secondary N) is 2. The van der Waals surface area contributed by atoms with Crippen LogP contribution >= 0.6 is 0 Å². The van der Waals surface area contributed by atoms with Gasteiger partial charge < -0.3 is 20.5 Å². The summed E-state index contributed by atoms with van der Waals surface area (Å²) < 4.78 is 5.14. The summed E-state index contributed by atoms with van der Waals surface area (Å²) in [5, 5.41) is 16.2. The molecule has 0 fully saturated rings. The Morgan fingerprint density at radius 1 is 1.04 bits per heavy atom. The number of guanidine groups is 1. The van der Waals surface area contributed by atoms with Crippen molar-refractivity contribution in [1.29, 1.82) is 0 Å². The van der Waals surface area contributed by atoms with Crippen LogP contribution in [0.25, 0.3) is 0 Å². The summed E-state index contributed by atoms with van der Waals surface area (Å²) in [5.41, 5.74) is 2.39. The average Bonchev–Trinajstić information content (AvgIpc) is 2.64. The van der Waals surface area contributed by atoms with E-state index in [-0.39, 0.29) is 5.75 Å². The van der Waals surface area contributed by atoms with Gasteiger partial charge in [-0.25, -0.2) is 0 Å². The van der Waals surface area contributed by atoms with Gasteiger partial charge in [0, 0.05) is 19.6 Å². The molecule has 0 unspecified atom stereocenters. The Morgan fingerprint density at radius 2 is 1.84 bits per heavy atom. The van der Waals surface area contributed by atoms with Gasteiger partial charge >= 0.3 is 0 Å². The molecule has 0 aliphatic carbocycles. The van der Waals surface area contributed by atoms with Crippen LogP contribution in [-0.4, -0.2) is 37.8 Å². The normalized spacial score (nSPS) is 11.2. The number of hydrogen-bond donors (Lipinski definition) is 3. The third-order valence-electron chi connectivity index (χ3n) is 3.81. The summed E-state index contributed by atoms with van der Waals surface area (Å²) in [4.78, 5) is 4.62. The zero-order chi connectivity index (χ0) is 17.9. The highest BCUT2D eigenvalue weighted by atomic mass is 16.5. The van der Waals surface area contributed by atoms with E-state index in [2.05, 4.69) is 46.8 Å². The number of aromatic hydroxyl groups is 1. The largest absolute Gasteiger partial charge is 0.504 e. The second-order valence-electron chi connectivity index (χ2n) is 5.68. The molecule has 0 atom stereocenters. The molecule has 0 saturated carbocycles. The van der Waals surface area contributed by atoms with Crippen LogP contribution in [0.2, 0.25) is 0 Å². The molecule has 0 radical (unpaired) electrons. The molecule has 2 aromatic carbocycles. The van der Waals surface area contributed by atoms with Crippen LogP contribution in [0.3, 0.4) is 0 Å². The number of nitrogens with zero attached hydrogens (tertiary/aromatic N) is 1. The van der Waals surface area contributed by atoms with E-state index >= 15 is 0 Å². The summed E-state index contributed by atoms with van der Waals surface area (Å²) >= 11 is 0. The second-order valence-corrected chi connectivity index (χ2v) is 5.68. The number of aliphatic imine (C=N–C) groups is 1. The molecule has 5 nitrogen and oxygen atoms in total. The van der Waals surface area contributed by atoms with Crippen molar-refractivity contribution in [2.75, 3.05) is 26.7 Å². The van der Waals surface area contributed by atoms with E-state index in [0.717, 1.165) is 44.0 Å². The van der Waals surface area contributed by atoms with Crippen molar-refractivity contribution >= 4 is 5.96 Å². The van der Waals surface area contributed by atoms with Crippen LogP contribution in [0.15, 0.2) is 53.5 Å². The SMILES string of the molecule is CCNC(=NCCc1ccccc1)NCCc1ccc(O)c(OC)c1. The van der Waals surface area contributed by atoms with Gasteiger partial charge in [0.2, 0.25) is 0 Å². The third-order valence-corrected chi connectivity index (χ3v) is 3.81. The first-order valence-corrected chi connectivity index (χ1v) is 8.65. The monoisotopic (exact) mass is 341 g/mol. The van der Waals surface area contributed by atoms with Gasteiger partial charge in [-0.3, -0.25) is 4.99 Å². The van der Waals surface area contributed by atoms with Crippen molar-refractivity contribution in [2.45, 2.75) is 19.8 Å². The lowest BCUT2D eigenvalue weighted by Gasteiger charge is -2.12. The summed E-state index contributed by atoms with van der Waals surface area (Å²) in [6, 6.07) is 15.8.